The van der Waals surface area contributed by atoms with Crippen LogP contribution in [0.3, 0.4) is 0 Å². The molecular formula is C47H91N3O3. The zero-order valence-corrected chi connectivity index (χ0v) is 36.1. The fraction of sp³-hybridized carbons (Fsp3) is 0.915. The molecule has 53 heavy (non-hydrogen) atoms. The predicted octanol–water partition coefficient (Wildman–Crippen LogP) is 13.7. The molecule has 1 atom stereocenters. The number of hydrogen-bond acceptors (Lipinski definition) is 5. The van der Waals surface area contributed by atoms with Crippen LogP contribution in [0.1, 0.15) is 238 Å². The van der Waals surface area contributed by atoms with Gasteiger partial charge in [-0.25, -0.2) is 4.98 Å². The van der Waals surface area contributed by atoms with Gasteiger partial charge in [-0.3, -0.25) is 4.79 Å². The average Bonchev–Trinajstić information content (AvgIpc) is 3.56. The van der Waals surface area contributed by atoms with Gasteiger partial charge in [0.1, 0.15) is 11.9 Å². The molecule has 6 heteroatoms. The molecule has 312 valence electrons. The summed E-state index contributed by atoms with van der Waals surface area (Å²) in [5.74, 6) is 1.11. The Labute approximate surface area is 330 Å². The molecule has 1 aromatic heterocycles. The lowest BCUT2D eigenvalue weighted by Gasteiger charge is -2.25. The topological polar surface area (TPSA) is 67.6 Å². The summed E-state index contributed by atoms with van der Waals surface area (Å²) in [7, 11) is 0. The number of carbonyl (C=O) groups excluding carboxylic acids is 1. The molecule has 0 aliphatic rings. The van der Waals surface area contributed by atoms with E-state index in [1.54, 1.807) is 0 Å². The zero-order valence-electron chi connectivity index (χ0n) is 36.1. The van der Waals surface area contributed by atoms with E-state index in [4.69, 9.17) is 4.74 Å². The van der Waals surface area contributed by atoms with Crippen LogP contribution in [0.5, 0.6) is 0 Å². The van der Waals surface area contributed by atoms with Gasteiger partial charge in [0.15, 0.2) is 0 Å². The fourth-order valence-electron chi connectivity index (χ4n) is 7.76. The second-order valence-electron chi connectivity index (χ2n) is 16.5. The van der Waals surface area contributed by atoms with Gasteiger partial charge in [-0.05, 0) is 77.8 Å². The maximum absolute atomic E-state index is 12.8. The Morgan fingerprint density at radius 3 is 1.55 bits per heavy atom. The lowest BCUT2D eigenvalue weighted by atomic mass is 10.0. The van der Waals surface area contributed by atoms with E-state index in [1.165, 1.54) is 148 Å². The van der Waals surface area contributed by atoms with E-state index in [2.05, 4.69) is 48.3 Å². The molecule has 1 heterocycles. The minimum absolute atomic E-state index is 0.0282. The first kappa shape index (κ1) is 49.6. The third-order valence-electron chi connectivity index (χ3n) is 11.3. The van der Waals surface area contributed by atoms with Gasteiger partial charge in [0.2, 0.25) is 0 Å². The third-order valence-corrected chi connectivity index (χ3v) is 11.3. The number of rotatable bonds is 41. The first-order valence-electron chi connectivity index (χ1n) is 23.6. The maximum atomic E-state index is 12.8. The van der Waals surface area contributed by atoms with Crippen LogP contribution in [0.25, 0.3) is 0 Å². The monoisotopic (exact) mass is 746 g/mol. The molecule has 0 spiro atoms. The van der Waals surface area contributed by atoms with E-state index in [0.29, 0.717) is 6.42 Å². The van der Waals surface area contributed by atoms with Crippen LogP contribution in [0.2, 0.25) is 0 Å². The molecule has 0 radical (unpaired) electrons. The Morgan fingerprint density at radius 1 is 0.623 bits per heavy atom. The molecule has 1 unspecified atom stereocenters. The molecule has 1 rings (SSSR count). The first-order chi connectivity index (χ1) is 26.0. The number of hydrogen-bond donors (Lipinski definition) is 1. The van der Waals surface area contributed by atoms with Gasteiger partial charge in [-0.15, -0.1) is 0 Å². The van der Waals surface area contributed by atoms with Gasteiger partial charge >= 0.3 is 5.97 Å². The smallest absolute Gasteiger partial charge is 0.306 e. The van der Waals surface area contributed by atoms with Crippen LogP contribution in [0.15, 0.2) is 12.4 Å². The van der Waals surface area contributed by atoms with Gasteiger partial charge in [0.25, 0.3) is 0 Å². The van der Waals surface area contributed by atoms with Crippen molar-refractivity contribution < 1.29 is 14.6 Å². The normalized spacial score (nSPS) is 12.4. The van der Waals surface area contributed by atoms with Crippen molar-refractivity contribution in [2.45, 2.75) is 258 Å². The van der Waals surface area contributed by atoms with Gasteiger partial charge in [0, 0.05) is 31.9 Å². The molecule has 0 bridgehead atoms. The molecular weight excluding hydrogens is 655 g/mol. The molecule has 6 nitrogen and oxygen atoms in total. The minimum Gasteiger partial charge on any atom is -0.462 e. The highest BCUT2D eigenvalue weighted by Gasteiger charge is 2.15. The number of aryl methyl sites for hydroxylation is 2. The van der Waals surface area contributed by atoms with E-state index in [9.17, 15) is 9.90 Å². The van der Waals surface area contributed by atoms with Crippen molar-refractivity contribution in [1.29, 1.82) is 0 Å². The molecule has 0 fully saturated rings. The van der Waals surface area contributed by atoms with Gasteiger partial charge in [0.05, 0.1) is 6.10 Å². The van der Waals surface area contributed by atoms with Crippen molar-refractivity contribution in [3.63, 3.8) is 0 Å². The predicted molar refractivity (Wildman–Crippen MR) is 229 cm³/mol. The van der Waals surface area contributed by atoms with Crippen molar-refractivity contribution in [3.05, 3.63) is 18.2 Å². The Bertz CT molecular complexity index is 889. The summed E-state index contributed by atoms with van der Waals surface area (Å²) < 4.78 is 8.31. The Morgan fingerprint density at radius 2 is 1.06 bits per heavy atom. The number of aromatic nitrogens is 2. The van der Waals surface area contributed by atoms with Gasteiger partial charge < -0.3 is 19.3 Å². The second kappa shape index (κ2) is 37.5. The number of carbonyl (C=O) groups is 1. The molecule has 0 saturated heterocycles. The lowest BCUT2D eigenvalue weighted by molar-refractivity contribution is -0.150. The molecule has 0 aliphatic carbocycles. The number of ether oxygens (including phenoxy) is 1. The van der Waals surface area contributed by atoms with Crippen LogP contribution in [0.4, 0.5) is 0 Å². The zero-order chi connectivity index (χ0) is 38.5. The van der Waals surface area contributed by atoms with Crippen molar-refractivity contribution in [1.82, 2.24) is 14.5 Å². The van der Waals surface area contributed by atoms with Crippen LogP contribution in [-0.4, -0.2) is 57.4 Å². The third kappa shape index (κ3) is 31.5. The number of imidazole rings is 1. The molecule has 1 N–H and O–H groups in total. The van der Waals surface area contributed by atoms with E-state index >= 15 is 0 Å². The van der Waals surface area contributed by atoms with E-state index < -0.39 is 0 Å². The largest absolute Gasteiger partial charge is 0.462 e. The summed E-state index contributed by atoms with van der Waals surface area (Å²) in [6, 6.07) is 0. The van der Waals surface area contributed by atoms with E-state index in [0.717, 1.165) is 89.8 Å². The summed E-state index contributed by atoms with van der Waals surface area (Å²) in [5.41, 5.74) is 0. The summed E-state index contributed by atoms with van der Waals surface area (Å²) in [5, 5.41) is 11.0. The van der Waals surface area contributed by atoms with Crippen molar-refractivity contribution in [2.24, 2.45) is 0 Å². The van der Waals surface area contributed by atoms with E-state index in [1.807, 2.05) is 6.20 Å². The minimum atomic E-state index is -0.225. The number of nitrogens with zero attached hydrogens (tertiary/aromatic N) is 3. The second-order valence-corrected chi connectivity index (χ2v) is 16.5. The summed E-state index contributed by atoms with van der Waals surface area (Å²) in [6.07, 6.45) is 44.1. The Balaban J connectivity index is 2.34. The van der Waals surface area contributed by atoms with Crippen molar-refractivity contribution in [2.75, 3.05) is 19.6 Å². The highest BCUT2D eigenvalue weighted by Crippen LogP contribution is 2.19. The average molecular weight is 746 g/mol. The van der Waals surface area contributed by atoms with Gasteiger partial charge in [-0.2, -0.15) is 0 Å². The first-order valence-corrected chi connectivity index (χ1v) is 23.6. The van der Waals surface area contributed by atoms with Crippen LogP contribution in [-0.2, 0) is 16.1 Å². The van der Waals surface area contributed by atoms with Gasteiger partial charge in [-0.1, -0.05) is 168 Å². The van der Waals surface area contributed by atoms with Crippen LogP contribution >= 0.6 is 0 Å². The fourth-order valence-corrected chi connectivity index (χ4v) is 7.76. The summed E-state index contributed by atoms with van der Waals surface area (Å²) in [4.78, 5) is 19.7. The Kier molecular flexibility index (Phi) is 35.1. The molecule has 1 aromatic rings. The molecule has 0 aliphatic heterocycles. The van der Waals surface area contributed by atoms with E-state index in [-0.39, 0.29) is 18.2 Å². The highest BCUT2D eigenvalue weighted by atomic mass is 16.5. The quantitative estimate of drug-likeness (QED) is 0.0534. The number of aliphatic hydroxyl groups is 1. The van der Waals surface area contributed by atoms with Crippen LogP contribution in [0, 0.1) is 6.92 Å². The number of unbranched alkanes of at least 4 members (excludes halogenated alkanes) is 24. The highest BCUT2D eigenvalue weighted by molar-refractivity contribution is 5.69. The summed E-state index contributed by atoms with van der Waals surface area (Å²) >= 11 is 0. The SMILES string of the molecule is CCCCCCCCCCCCC(O)CN(CCCCCCCC(=O)OC(CCCCCCCC)CCCCCCCC)CCCCn1ccnc1C. The van der Waals surface area contributed by atoms with Crippen LogP contribution < -0.4 is 0 Å². The summed E-state index contributed by atoms with van der Waals surface area (Å²) in [6.45, 7) is 12.8. The molecule has 0 amide bonds. The maximum Gasteiger partial charge on any atom is 0.306 e. The van der Waals surface area contributed by atoms with Crippen molar-refractivity contribution >= 4 is 5.97 Å². The molecule has 0 saturated carbocycles. The van der Waals surface area contributed by atoms with Crippen molar-refractivity contribution in [3.8, 4) is 0 Å². The lowest BCUT2D eigenvalue weighted by Crippen LogP contribution is -2.34. The number of aliphatic hydroxyl groups excluding tert-OH is 1. The standard InChI is InChI=1S/C47H91N3O3/c1-5-8-11-14-17-18-19-20-22-27-34-45(51)43-49(40-32-33-41-50-42-38-48-44(50)4)39-31-26-21-25-30-37-47(52)53-46(35-28-23-15-12-9-6-2)36-29-24-16-13-10-7-3/h38,42,45-46,51H,5-37,39-41,43H2,1-4H3. The Hall–Kier alpha value is -1.40. The molecule has 0 aromatic carbocycles. The number of esters is 1.